The molecule has 2 atom stereocenters. The second-order valence-corrected chi connectivity index (χ2v) is 5.10. The molecular weight excluding hydrogens is 214 g/mol. The summed E-state index contributed by atoms with van der Waals surface area (Å²) in [6.45, 7) is 1.18. The Morgan fingerprint density at radius 1 is 1.35 bits per heavy atom. The van der Waals surface area contributed by atoms with Crippen LogP contribution in [0.1, 0.15) is 44.9 Å². The molecule has 1 fully saturated rings. The first-order valence-electron chi connectivity index (χ1n) is 6.80. The zero-order valence-electron chi connectivity index (χ0n) is 10.5. The van der Waals surface area contributed by atoms with Gasteiger partial charge in [0, 0.05) is 19.4 Å². The average Bonchev–Trinajstić information content (AvgIpc) is 2.85. The van der Waals surface area contributed by atoms with Crippen LogP contribution in [0, 0.1) is 0 Å². The van der Waals surface area contributed by atoms with Crippen LogP contribution in [0.15, 0.2) is 17.1 Å². The molecule has 1 N–H and O–H groups in total. The summed E-state index contributed by atoms with van der Waals surface area (Å²) in [5.74, 6) is 0. The summed E-state index contributed by atoms with van der Waals surface area (Å²) in [6.07, 6.45) is 14.2. The van der Waals surface area contributed by atoms with Gasteiger partial charge in [-0.1, -0.05) is 6.08 Å². The van der Waals surface area contributed by atoms with Gasteiger partial charge in [-0.25, -0.2) is 0 Å². The lowest BCUT2D eigenvalue weighted by Crippen LogP contribution is -2.27. The lowest BCUT2D eigenvalue weighted by molar-refractivity contribution is 0.00753. The number of hydrogen-bond donors (Lipinski definition) is 1. The summed E-state index contributed by atoms with van der Waals surface area (Å²) in [5, 5.41) is 8.96. The van der Waals surface area contributed by atoms with Crippen molar-refractivity contribution in [3.63, 3.8) is 0 Å². The van der Waals surface area contributed by atoms with Crippen molar-refractivity contribution in [3.8, 4) is 0 Å². The monoisotopic (exact) mass is 237 g/mol. The van der Waals surface area contributed by atoms with E-state index in [1.54, 1.807) is 0 Å². The topological polar surface area (TPSA) is 41.8 Å². The zero-order chi connectivity index (χ0) is 12.0. The zero-order valence-corrected chi connectivity index (χ0v) is 10.5. The van der Waals surface area contributed by atoms with Crippen LogP contribution in [0.3, 0.4) is 0 Å². The van der Waals surface area contributed by atoms with Crippen LogP contribution in [-0.2, 0) is 4.74 Å². The molecule has 3 heteroatoms. The van der Waals surface area contributed by atoms with Crippen LogP contribution < -0.4 is 0 Å². The predicted molar refractivity (Wildman–Crippen MR) is 69.5 cm³/mol. The van der Waals surface area contributed by atoms with E-state index in [2.05, 4.69) is 11.1 Å². The highest BCUT2D eigenvalue weighted by atomic mass is 16.5. The van der Waals surface area contributed by atoms with Crippen LogP contribution in [0.5, 0.6) is 0 Å². The van der Waals surface area contributed by atoms with Crippen molar-refractivity contribution in [1.29, 1.82) is 0 Å². The maximum atomic E-state index is 8.96. The fourth-order valence-corrected chi connectivity index (χ4v) is 2.71. The lowest BCUT2D eigenvalue weighted by Gasteiger charge is -2.28. The van der Waals surface area contributed by atoms with E-state index >= 15 is 0 Å². The van der Waals surface area contributed by atoms with Crippen LogP contribution >= 0.6 is 0 Å². The summed E-state index contributed by atoms with van der Waals surface area (Å²) in [6, 6.07) is 0. The Hall–Kier alpha value is -0.670. The van der Waals surface area contributed by atoms with Crippen LogP contribution in [0.2, 0.25) is 0 Å². The van der Waals surface area contributed by atoms with Gasteiger partial charge in [-0.05, 0) is 51.0 Å². The molecule has 0 radical (unpaired) electrons. The van der Waals surface area contributed by atoms with E-state index in [1.807, 2.05) is 12.3 Å². The van der Waals surface area contributed by atoms with Gasteiger partial charge in [0.1, 0.15) is 0 Å². The van der Waals surface area contributed by atoms with Gasteiger partial charge in [-0.15, -0.1) is 0 Å². The number of ether oxygens (including phenoxy) is 1. The van der Waals surface area contributed by atoms with Crippen molar-refractivity contribution in [3.05, 3.63) is 12.2 Å². The lowest BCUT2D eigenvalue weighted by atomic mass is 9.87. The van der Waals surface area contributed by atoms with Gasteiger partial charge in [0.25, 0.3) is 0 Å². The maximum absolute atomic E-state index is 8.96. The number of nitrogens with zero attached hydrogens (tertiary/aromatic N) is 1. The second kappa shape index (κ2) is 6.31. The third kappa shape index (κ3) is 3.65. The number of hydrogen-bond acceptors (Lipinski definition) is 3. The molecule has 2 heterocycles. The van der Waals surface area contributed by atoms with Crippen molar-refractivity contribution in [2.75, 3.05) is 13.2 Å². The number of aliphatic hydroxyl groups excluding tert-OH is 1. The molecular formula is C14H23NO2. The van der Waals surface area contributed by atoms with Crippen molar-refractivity contribution in [2.24, 2.45) is 4.99 Å². The van der Waals surface area contributed by atoms with Gasteiger partial charge in [0.2, 0.25) is 0 Å². The number of aliphatic hydroxyl groups is 1. The van der Waals surface area contributed by atoms with Gasteiger partial charge in [-0.3, -0.25) is 4.99 Å². The largest absolute Gasteiger partial charge is 0.396 e. The Morgan fingerprint density at radius 2 is 2.29 bits per heavy atom. The molecule has 2 unspecified atom stereocenters. The van der Waals surface area contributed by atoms with Crippen LogP contribution in [0.25, 0.3) is 0 Å². The minimum absolute atomic E-state index is 0.0520. The minimum Gasteiger partial charge on any atom is -0.396 e. The van der Waals surface area contributed by atoms with Gasteiger partial charge in [0.05, 0.1) is 11.6 Å². The molecule has 96 valence electrons. The fraction of sp³-hybridized carbons (Fsp3) is 0.786. The van der Waals surface area contributed by atoms with Crippen molar-refractivity contribution >= 4 is 6.21 Å². The molecule has 0 saturated carbocycles. The van der Waals surface area contributed by atoms with E-state index in [0.717, 1.165) is 32.3 Å². The molecule has 3 nitrogen and oxygen atoms in total. The van der Waals surface area contributed by atoms with E-state index < -0.39 is 0 Å². The predicted octanol–water partition coefficient (Wildman–Crippen LogP) is 2.49. The highest BCUT2D eigenvalue weighted by Crippen LogP contribution is 2.31. The molecule has 2 rings (SSSR count). The Labute approximate surface area is 104 Å². The fourth-order valence-electron chi connectivity index (χ4n) is 2.71. The third-order valence-corrected chi connectivity index (χ3v) is 3.77. The summed E-state index contributed by atoms with van der Waals surface area (Å²) >= 11 is 0. The first-order chi connectivity index (χ1) is 8.35. The number of aliphatic imine (C=N–C) groups is 1. The maximum Gasteiger partial charge on any atom is 0.0793 e. The normalized spacial score (nSPS) is 32.2. The first kappa shape index (κ1) is 12.8. The number of allylic oxidation sites excluding steroid dienone is 1. The molecule has 0 spiro atoms. The smallest absolute Gasteiger partial charge is 0.0793 e. The van der Waals surface area contributed by atoms with E-state index in [0.29, 0.717) is 6.10 Å². The number of rotatable bonds is 6. The Morgan fingerprint density at radius 3 is 2.94 bits per heavy atom. The Kier molecular flexibility index (Phi) is 4.75. The summed E-state index contributed by atoms with van der Waals surface area (Å²) in [5.41, 5.74) is -0.0520. The molecule has 0 aromatic carbocycles. The highest BCUT2D eigenvalue weighted by Gasteiger charge is 2.28. The van der Waals surface area contributed by atoms with E-state index in [1.165, 1.54) is 19.3 Å². The summed E-state index contributed by atoms with van der Waals surface area (Å²) in [4.78, 5) is 4.59. The van der Waals surface area contributed by atoms with Crippen molar-refractivity contribution in [1.82, 2.24) is 0 Å². The molecule has 0 aromatic rings. The van der Waals surface area contributed by atoms with Gasteiger partial charge in [-0.2, -0.15) is 0 Å². The van der Waals surface area contributed by atoms with Crippen molar-refractivity contribution in [2.45, 2.75) is 56.6 Å². The van der Waals surface area contributed by atoms with Gasteiger partial charge < -0.3 is 9.84 Å². The van der Waals surface area contributed by atoms with Crippen molar-refractivity contribution < 1.29 is 9.84 Å². The average molecular weight is 237 g/mol. The molecule has 2 aliphatic heterocycles. The quantitative estimate of drug-likeness (QED) is 0.771. The van der Waals surface area contributed by atoms with E-state index in [-0.39, 0.29) is 12.1 Å². The molecule has 0 bridgehead atoms. The third-order valence-electron chi connectivity index (χ3n) is 3.77. The van der Waals surface area contributed by atoms with Crippen LogP contribution in [0.4, 0.5) is 0 Å². The summed E-state index contributed by atoms with van der Waals surface area (Å²) < 4.78 is 5.76. The first-order valence-corrected chi connectivity index (χ1v) is 6.80. The van der Waals surface area contributed by atoms with E-state index in [9.17, 15) is 0 Å². The standard InChI is InChI=1S/C14H23NO2/c16-11-4-8-14(7-3-10-15-14)9-6-13-5-1-2-12-17-13/h3,7,10,13,16H,1-2,4-6,8-9,11-12H2. The second-order valence-electron chi connectivity index (χ2n) is 5.10. The SMILES string of the molecule is OCCCC1(CCC2CCCCO2)C=CC=N1. The van der Waals surface area contributed by atoms with E-state index in [4.69, 9.17) is 9.84 Å². The molecule has 17 heavy (non-hydrogen) atoms. The molecule has 2 aliphatic rings. The molecule has 0 amide bonds. The summed E-state index contributed by atoms with van der Waals surface area (Å²) in [7, 11) is 0. The Bertz CT molecular complexity index is 268. The van der Waals surface area contributed by atoms with Gasteiger partial charge in [0.15, 0.2) is 0 Å². The molecule has 0 aliphatic carbocycles. The molecule has 1 saturated heterocycles. The van der Waals surface area contributed by atoms with Gasteiger partial charge >= 0.3 is 0 Å². The van der Waals surface area contributed by atoms with Crippen LogP contribution in [-0.4, -0.2) is 36.2 Å². The minimum atomic E-state index is -0.0520. The highest BCUT2D eigenvalue weighted by molar-refractivity contribution is 5.75. The molecule has 0 aromatic heterocycles. The Balaban J connectivity index is 1.81.